The van der Waals surface area contributed by atoms with E-state index in [2.05, 4.69) is 15.6 Å². The molecule has 1 saturated heterocycles. The van der Waals surface area contributed by atoms with Gasteiger partial charge in [-0.3, -0.25) is 24.2 Å². The molecule has 2 aromatic rings. The number of benzene rings is 1. The maximum Gasteiger partial charge on any atom is 0.305 e. The highest BCUT2D eigenvalue weighted by molar-refractivity contribution is 6.06. The predicted molar refractivity (Wildman–Crippen MR) is 127 cm³/mol. The van der Waals surface area contributed by atoms with E-state index in [1.807, 2.05) is 19.1 Å². The largest absolute Gasteiger partial charge is 0.481 e. The van der Waals surface area contributed by atoms with Crippen LogP contribution in [0.1, 0.15) is 44.1 Å². The molecule has 1 aromatic carbocycles. The van der Waals surface area contributed by atoms with Gasteiger partial charge in [-0.1, -0.05) is 45.0 Å². The van der Waals surface area contributed by atoms with E-state index in [9.17, 15) is 24.0 Å². The number of nitrogens with one attached hydrogen (secondary N) is 2. The minimum absolute atomic E-state index is 0.00658. The first-order chi connectivity index (χ1) is 16.6. The van der Waals surface area contributed by atoms with Crippen molar-refractivity contribution in [2.24, 2.45) is 11.8 Å². The maximum atomic E-state index is 13.6. The van der Waals surface area contributed by atoms with Gasteiger partial charge in [-0.25, -0.2) is 0 Å². The van der Waals surface area contributed by atoms with Gasteiger partial charge in [0.05, 0.1) is 12.5 Å². The van der Waals surface area contributed by atoms with Gasteiger partial charge in [0.15, 0.2) is 0 Å². The number of hydrogen-bond donors (Lipinski definition) is 3. The summed E-state index contributed by atoms with van der Waals surface area (Å²) in [6.07, 6.45) is 1.71. The van der Waals surface area contributed by atoms with Crippen LogP contribution in [0.4, 0.5) is 0 Å². The van der Waals surface area contributed by atoms with Crippen LogP contribution in [-0.4, -0.2) is 69.6 Å². The lowest BCUT2D eigenvalue weighted by Crippen LogP contribution is -2.56. The maximum absolute atomic E-state index is 13.6. The van der Waals surface area contributed by atoms with Gasteiger partial charge >= 0.3 is 5.97 Å². The Kier molecular flexibility index (Phi) is 8.16. The van der Waals surface area contributed by atoms with E-state index in [1.165, 1.54) is 11.1 Å². The molecule has 3 N–H and O–H groups in total. The van der Waals surface area contributed by atoms with E-state index < -0.39 is 48.2 Å². The van der Waals surface area contributed by atoms with Crippen LogP contribution in [0.5, 0.6) is 0 Å². The first-order valence-electron chi connectivity index (χ1n) is 11.5. The summed E-state index contributed by atoms with van der Waals surface area (Å²) in [7, 11) is 0. The molecule has 0 aliphatic carbocycles. The highest BCUT2D eigenvalue weighted by Gasteiger charge is 2.42. The highest BCUT2D eigenvalue weighted by atomic mass is 16.4. The summed E-state index contributed by atoms with van der Waals surface area (Å²) in [5.74, 6) is -3.00. The number of aliphatic carboxylic acids is 1. The Bertz CT molecular complexity index is 1130. The van der Waals surface area contributed by atoms with Crippen LogP contribution in [0, 0.1) is 11.8 Å². The van der Waals surface area contributed by atoms with E-state index in [1.54, 1.807) is 32.0 Å². The van der Waals surface area contributed by atoms with Crippen molar-refractivity contribution in [3.05, 3.63) is 42.2 Å². The van der Waals surface area contributed by atoms with Crippen molar-refractivity contribution >= 4 is 40.7 Å². The first-order valence-corrected chi connectivity index (χ1v) is 11.5. The van der Waals surface area contributed by atoms with Crippen molar-refractivity contribution in [1.29, 1.82) is 0 Å². The molecular weight excluding hydrogens is 452 g/mol. The Hall–Kier alpha value is -3.82. The molecule has 0 spiro atoms. The van der Waals surface area contributed by atoms with Gasteiger partial charge in [0.2, 0.25) is 11.8 Å². The Morgan fingerprint density at radius 1 is 1.17 bits per heavy atom. The molecule has 2 heterocycles. The number of aldehydes is 1. The highest BCUT2D eigenvalue weighted by Crippen LogP contribution is 2.25. The first kappa shape index (κ1) is 25.8. The summed E-state index contributed by atoms with van der Waals surface area (Å²) >= 11 is 0. The van der Waals surface area contributed by atoms with Gasteiger partial charge in [-0.15, -0.1) is 0 Å². The summed E-state index contributed by atoms with van der Waals surface area (Å²) in [6, 6.07) is 6.13. The van der Waals surface area contributed by atoms with Crippen LogP contribution >= 0.6 is 0 Å². The number of pyridine rings is 1. The van der Waals surface area contributed by atoms with Crippen LogP contribution in [0.3, 0.4) is 0 Å². The zero-order valence-corrected chi connectivity index (χ0v) is 19.9. The Labute approximate surface area is 203 Å². The number of fused-ring (bicyclic) bond motifs is 1. The molecule has 1 aliphatic heterocycles. The Morgan fingerprint density at radius 2 is 1.89 bits per heavy atom. The van der Waals surface area contributed by atoms with Crippen LogP contribution in [-0.2, 0) is 19.2 Å². The molecule has 186 valence electrons. The number of carboxylic acids is 1. The second-order valence-electron chi connectivity index (χ2n) is 9.27. The van der Waals surface area contributed by atoms with E-state index >= 15 is 0 Å². The molecule has 3 rings (SSSR count). The summed E-state index contributed by atoms with van der Waals surface area (Å²) in [4.78, 5) is 67.4. The number of carboxylic acid groups (broad SMARTS) is 1. The average Bonchev–Trinajstić information content (AvgIpc) is 3.22. The average molecular weight is 483 g/mol. The molecule has 0 bridgehead atoms. The summed E-state index contributed by atoms with van der Waals surface area (Å²) in [5, 5.41) is 15.7. The fourth-order valence-electron chi connectivity index (χ4n) is 4.34. The molecule has 35 heavy (non-hydrogen) atoms. The van der Waals surface area contributed by atoms with Crippen molar-refractivity contribution in [2.75, 3.05) is 6.54 Å². The molecule has 0 unspecified atom stereocenters. The SMILES string of the molecule is CC(C)[C@H](NC(=O)c1nccc2ccccc12)C(=O)N1C[C@H](C)C[C@H]1C(=O)N[C@H](C=O)CC(=O)O. The van der Waals surface area contributed by atoms with Crippen molar-refractivity contribution in [1.82, 2.24) is 20.5 Å². The second kappa shape index (κ2) is 11.1. The number of carbonyl (C=O) groups is 5. The number of hydrogen-bond acceptors (Lipinski definition) is 6. The molecule has 3 amide bonds. The number of nitrogens with zero attached hydrogens (tertiary/aromatic N) is 2. The quantitative estimate of drug-likeness (QED) is 0.458. The second-order valence-corrected chi connectivity index (χ2v) is 9.27. The molecule has 10 nitrogen and oxygen atoms in total. The third-order valence-electron chi connectivity index (χ3n) is 6.09. The smallest absolute Gasteiger partial charge is 0.305 e. The zero-order valence-electron chi connectivity index (χ0n) is 19.9. The lowest BCUT2D eigenvalue weighted by molar-refractivity contribution is -0.142. The van der Waals surface area contributed by atoms with E-state index in [0.29, 0.717) is 24.6 Å². The number of carbonyl (C=O) groups excluding carboxylic acids is 4. The number of aromatic nitrogens is 1. The molecule has 0 saturated carbocycles. The number of rotatable bonds is 9. The van der Waals surface area contributed by atoms with Crippen LogP contribution in [0.15, 0.2) is 36.5 Å². The fourth-order valence-corrected chi connectivity index (χ4v) is 4.34. The van der Waals surface area contributed by atoms with Gasteiger partial charge in [0, 0.05) is 18.1 Å². The summed E-state index contributed by atoms with van der Waals surface area (Å²) in [5.41, 5.74) is 0.202. The van der Waals surface area contributed by atoms with Gasteiger partial charge in [0.25, 0.3) is 5.91 Å². The zero-order chi connectivity index (χ0) is 25.7. The Balaban J connectivity index is 1.80. The van der Waals surface area contributed by atoms with Gasteiger partial charge in [-0.05, 0) is 29.7 Å². The predicted octanol–water partition coefficient (Wildman–Crippen LogP) is 1.38. The number of likely N-dealkylation sites (tertiary alicyclic amines) is 1. The lowest BCUT2D eigenvalue weighted by atomic mass is 10.0. The third kappa shape index (κ3) is 6.00. The van der Waals surface area contributed by atoms with E-state index in [-0.39, 0.29) is 17.5 Å². The molecule has 1 fully saturated rings. The van der Waals surface area contributed by atoms with E-state index in [4.69, 9.17) is 5.11 Å². The molecule has 10 heteroatoms. The van der Waals surface area contributed by atoms with Crippen LogP contribution in [0.25, 0.3) is 10.8 Å². The van der Waals surface area contributed by atoms with Crippen molar-refractivity contribution in [3.63, 3.8) is 0 Å². The van der Waals surface area contributed by atoms with Crippen molar-refractivity contribution in [2.45, 2.75) is 51.7 Å². The minimum atomic E-state index is -1.22. The van der Waals surface area contributed by atoms with Crippen molar-refractivity contribution in [3.8, 4) is 0 Å². The summed E-state index contributed by atoms with van der Waals surface area (Å²) in [6.45, 7) is 5.78. The summed E-state index contributed by atoms with van der Waals surface area (Å²) < 4.78 is 0. The third-order valence-corrected chi connectivity index (χ3v) is 6.09. The minimum Gasteiger partial charge on any atom is -0.481 e. The molecule has 1 aromatic heterocycles. The van der Waals surface area contributed by atoms with Gasteiger partial charge < -0.3 is 25.4 Å². The van der Waals surface area contributed by atoms with Gasteiger partial charge in [-0.2, -0.15) is 0 Å². The molecule has 0 radical (unpaired) electrons. The fraction of sp³-hybridized carbons (Fsp3) is 0.440. The van der Waals surface area contributed by atoms with Gasteiger partial charge in [0.1, 0.15) is 24.1 Å². The Morgan fingerprint density at radius 3 is 2.54 bits per heavy atom. The molecular formula is C25H30N4O6. The monoisotopic (exact) mass is 482 g/mol. The molecule has 1 aliphatic rings. The molecule has 4 atom stereocenters. The van der Waals surface area contributed by atoms with E-state index in [0.717, 1.165) is 5.39 Å². The van der Waals surface area contributed by atoms with Crippen LogP contribution in [0.2, 0.25) is 0 Å². The lowest BCUT2D eigenvalue weighted by Gasteiger charge is -2.31. The number of amides is 3. The standard InChI is InChI=1S/C25H30N4O6/c1-14(2)21(28-24(34)22-18-7-5-4-6-16(18)8-9-26-22)25(35)29-12-15(3)10-19(29)23(33)27-17(13-30)11-20(31)32/h4-9,13-15,17,19,21H,10-12H2,1-3H3,(H,27,33)(H,28,34)(H,31,32)/t15-,17+,19+,21+/m1/s1. The van der Waals surface area contributed by atoms with Crippen molar-refractivity contribution < 1.29 is 29.1 Å². The topological polar surface area (TPSA) is 146 Å². The van der Waals surface area contributed by atoms with Crippen LogP contribution < -0.4 is 10.6 Å². The normalized spacial score (nSPS) is 19.3.